The average Bonchev–Trinajstić information content (AvgIpc) is 2.93. The fraction of sp³-hybridized carbons (Fsp3) is 0.417. The van der Waals surface area contributed by atoms with Crippen LogP contribution in [0.15, 0.2) is 22.9 Å². The molecule has 0 aliphatic heterocycles. The van der Waals surface area contributed by atoms with Gasteiger partial charge in [0.25, 0.3) is 5.91 Å². The molecule has 8 heteroatoms. The second kappa shape index (κ2) is 7.09. The zero-order valence-electron chi connectivity index (χ0n) is 11.1. The summed E-state index contributed by atoms with van der Waals surface area (Å²) < 4.78 is 2.42. The molecular weight excluding hydrogens is 324 g/mol. The lowest BCUT2D eigenvalue weighted by molar-refractivity contribution is 0.0958. The van der Waals surface area contributed by atoms with E-state index in [1.54, 1.807) is 17.9 Å². The molecule has 0 aliphatic carbocycles. The number of nitrogens with zero attached hydrogens (tertiary/aromatic N) is 5. The molecule has 7 nitrogen and oxygen atoms in total. The molecule has 1 amide bonds. The molecule has 0 atom stereocenters. The summed E-state index contributed by atoms with van der Waals surface area (Å²) >= 11 is 3.25. The van der Waals surface area contributed by atoms with Crippen molar-refractivity contribution in [2.45, 2.75) is 25.8 Å². The summed E-state index contributed by atoms with van der Waals surface area (Å²) in [7, 11) is 1.57. The second-order valence-corrected chi connectivity index (χ2v) is 5.06. The second-order valence-electron chi connectivity index (χ2n) is 4.25. The minimum absolute atomic E-state index is 0.221. The normalized spacial score (nSPS) is 10.5. The Morgan fingerprint density at radius 2 is 2.15 bits per heavy atom. The largest absolute Gasteiger partial charge is 0.354 e. The number of nitrogens with one attached hydrogen (secondary N) is 1. The highest BCUT2D eigenvalue weighted by atomic mass is 79.9. The molecule has 2 aromatic rings. The number of halogens is 1. The van der Waals surface area contributed by atoms with Crippen LogP contribution in [0.4, 0.5) is 0 Å². The van der Waals surface area contributed by atoms with Gasteiger partial charge in [0.05, 0.1) is 11.9 Å². The molecule has 1 N–H and O–H groups in total. The van der Waals surface area contributed by atoms with Crippen molar-refractivity contribution in [2.75, 3.05) is 7.05 Å². The minimum Gasteiger partial charge on any atom is -0.354 e. The van der Waals surface area contributed by atoms with E-state index >= 15 is 0 Å². The van der Waals surface area contributed by atoms with E-state index in [4.69, 9.17) is 0 Å². The van der Waals surface area contributed by atoms with Gasteiger partial charge in [-0.2, -0.15) is 5.10 Å². The highest BCUT2D eigenvalue weighted by Gasteiger charge is 2.07. The first-order chi connectivity index (χ1) is 9.69. The van der Waals surface area contributed by atoms with E-state index in [9.17, 15) is 4.79 Å². The third-order valence-electron chi connectivity index (χ3n) is 2.76. The van der Waals surface area contributed by atoms with Crippen molar-refractivity contribution < 1.29 is 4.79 Å². The summed E-state index contributed by atoms with van der Waals surface area (Å²) in [6.45, 7) is 0.730. The molecule has 20 heavy (non-hydrogen) atoms. The van der Waals surface area contributed by atoms with Gasteiger partial charge in [-0.15, -0.1) is 10.2 Å². The van der Waals surface area contributed by atoms with Gasteiger partial charge in [-0.3, -0.25) is 9.48 Å². The van der Waals surface area contributed by atoms with Gasteiger partial charge in [0, 0.05) is 13.6 Å². The van der Waals surface area contributed by atoms with Crippen LogP contribution in [0.2, 0.25) is 0 Å². The van der Waals surface area contributed by atoms with Crippen LogP contribution in [-0.2, 0) is 13.0 Å². The maximum Gasteiger partial charge on any atom is 0.273 e. The number of aromatic nitrogens is 5. The SMILES string of the molecule is CNC(=O)c1cn(CCCCc2ccc(Br)nn2)nn1. The zero-order valence-corrected chi connectivity index (χ0v) is 12.7. The molecule has 106 valence electrons. The van der Waals surface area contributed by atoms with Gasteiger partial charge < -0.3 is 5.32 Å². The van der Waals surface area contributed by atoms with Crippen molar-refractivity contribution in [1.29, 1.82) is 0 Å². The minimum atomic E-state index is -0.221. The van der Waals surface area contributed by atoms with Crippen LogP contribution in [0, 0.1) is 0 Å². The fourth-order valence-corrected chi connectivity index (χ4v) is 1.91. The first-order valence-corrected chi connectivity index (χ1v) is 7.08. The third-order valence-corrected chi connectivity index (χ3v) is 3.18. The molecule has 2 rings (SSSR count). The van der Waals surface area contributed by atoms with Gasteiger partial charge in [-0.05, 0) is 47.3 Å². The predicted octanol–water partition coefficient (Wildman–Crippen LogP) is 1.21. The van der Waals surface area contributed by atoms with E-state index < -0.39 is 0 Å². The van der Waals surface area contributed by atoms with Gasteiger partial charge in [-0.25, -0.2) is 0 Å². The summed E-state index contributed by atoms with van der Waals surface area (Å²) in [5, 5.41) is 18.3. The lowest BCUT2D eigenvalue weighted by atomic mass is 10.2. The Bertz CT molecular complexity index is 568. The number of amides is 1. The summed E-state index contributed by atoms with van der Waals surface area (Å²) in [4.78, 5) is 11.3. The number of carbonyl (C=O) groups is 1. The highest BCUT2D eigenvalue weighted by molar-refractivity contribution is 9.10. The summed E-state index contributed by atoms with van der Waals surface area (Å²) in [6.07, 6.45) is 4.44. The number of rotatable bonds is 6. The van der Waals surface area contributed by atoms with Crippen LogP contribution in [0.1, 0.15) is 29.0 Å². The number of hydrogen-bond donors (Lipinski definition) is 1. The summed E-state index contributed by atoms with van der Waals surface area (Å²) in [5.41, 5.74) is 1.31. The molecule has 0 bridgehead atoms. The summed E-state index contributed by atoms with van der Waals surface area (Å²) in [5.74, 6) is -0.221. The predicted molar refractivity (Wildman–Crippen MR) is 76.1 cm³/mol. The van der Waals surface area contributed by atoms with Crippen molar-refractivity contribution in [3.8, 4) is 0 Å². The van der Waals surface area contributed by atoms with Gasteiger partial charge in [0.2, 0.25) is 0 Å². The van der Waals surface area contributed by atoms with Crippen LogP contribution < -0.4 is 5.32 Å². The van der Waals surface area contributed by atoms with Gasteiger partial charge in [0.1, 0.15) is 4.60 Å². The molecule has 0 unspecified atom stereocenters. The summed E-state index contributed by atoms with van der Waals surface area (Å²) in [6, 6.07) is 3.84. The molecule has 0 spiro atoms. The molecule has 0 radical (unpaired) electrons. The number of carbonyl (C=O) groups excluding carboxylic acids is 1. The van der Waals surface area contributed by atoms with Gasteiger partial charge in [0.15, 0.2) is 5.69 Å². The monoisotopic (exact) mass is 338 g/mol. The maximum absolute atomic E-state index is 11.3. The molecule has 0 aliphatic rings. The van der Waals surface area contributed by atoms with Gasteiger partial charge in [-0.1, -0.05) is 5.21 Å². The Balaban J connectivity index is 1.74. The van der Waals surface area contributed by atoms with Crippen LogP contribution in [0.25, 0.3) is 0 Å². The van der Waals surface area contributed by atoms with Crippen LogP contribution in [0.3, 0.4) is 0 Å². The molecule has 2 aromatic heterocycles. The topological polar surface area (TPSA) is 85.6 Å². The molecular formula is C12H15BrN6O. The van der Waals surface area contributed by atoms with E-state index in [1.807, 2.05) is 12.1 Å². The first-order valence-electron chi connectivity index (χ1n) is 6.29. The van der Waals surface area contributed by atoms with E-state index in [2.05, 4.69) is 41.8 Å². The van der Waals surface area contributed by atoms with Gasteiger partial charge >= 0.3 is 0 Å². The Morgan fingerprint density at radius 1 is 1.30 bits per heavy atom. The van der Waals surface area contributed by atoms with E-state index in [0.717, 1.165) is 36.1 Å². The van der Waals surface area contributed by atoms with E-state index in [0.29, 0.717) is 5.69 Å². The number of aryl methyl sites for hydroxylation is 2. The van der Waals surface area contributed by atoms with E-state index in [-0.39, 0.29) is 5.91 Å². The van der Waals surface area contributed by atoms with Crippen LogP contribution in [0.5, 0.6) is 0 Å². The standard InChI is InChI=1S/C12H15BrN6O/c1-14-12(20)10-8-19(18-16-10)7-3-2-4-9-5-6-11(13)17-15-9/h5-6,8H,2-4,7H2,1H3,(H,14,20). The van der Waals surface area contributed by atoms with Crippen molar-refractivity contribution in [3.05, 3.63) is 34.3 Å². The van der Waals surface area contributed by atoms with Crippen molar-refractivity contribution in [3.63, 3.8) is 0 Å². The quantitative estimate of drug-likeness (QED) is 0.800. The Kier molecular flexibility index (Phi) is 5.16. The maximum atomic E-state index is 11.3. The molecule has 0 aromatic carbocycles. The first kappa shape index (κ1) is 14.6. The zero-order chi connectivity index (χ0) is 14.4. The lowest BCUT2D eigenvalue weighted by Gasteiger charge is -2.01. The molecule has 2 heterocycles. The average molecular weight is 339 g/mol. The third kappa shape index (κ3) is 4.09. The lowest BCUT2D eigenvalue weighted by Crippen LogP contribution is -2.18. The van der Waals surface area contributed by atoms with Crippen molar-refractivity contribution in [1.82, 2.24) is 30.5 Å². The van der Waals surface area contributed by atoms with Crippen LogP contribution in [-0.4, -0.2) is 38.1 Å². The fourth-order valence-electron chi connectivity index (χ4n) is 1.70. The smallest absolute Gasteiger partial charge is 0.273 e. The molecule has 0 saturated carbocycles. The van der Waals surface area contributed by atoms with Crippen LogP contribution >= 0.6 is 15.9 Å². The highest BCUT2D eigenvalue weighted by Crippen LogP contribution is 2.07. The molecule has 0 saturated heterocycles. The number of hydrogen-bond acceptors (Lipinski definition) is 5. The Hall–Kier alpha value is -1.83. The van der Waals surface area contributed by atoms with Crippen molar-refractivity contribution in [2.24, 2.45) is 0 Å². The molecule has 0 fully saturated rings. The van der Waals surface area contributed by atoms with E-state index in [1.165, 1.54) is 0 Å². The van der Waals surface area contributed by atoms with Crippen molar-refractivity contribution >= 4 is 21.8 Å². The Labute approximate surface area is 124 Å². The Morgan fingerprint density at radius 3 is 2.85 bits per heavy atom. The number of unbranched alkanes of at least 4 members (excludes halogenated alkanes) is 1.